The average Bonchev–Trinajstić information content (AvgIpc) is 2.30. The van der Waals surface area contributed by atoms with Crippen molar-refractivity contribution >= 4 is 5.69 Å². The van der Waals surface area contributed by atoms with Crippen LogP contribution in [0.5, 0.6) is 0 Å². The topological polar surface area (TPSA) is 3.24 Å². The first-order valence-corrected chi connectivity index (χ1v) is 6.55. The molecule has 0 N–H and O–H groups in total. The fourth-order valence-electron chi connectivity index (χ4n) is 2.56. The second-order valence-electron chi connectivity index (χ2n) is 5.13. The third-order valence-electron chi connectivity index (χ3n) is 3.90. The first-order valence-electron chi connectivity index (χ1n) is 6.55. The Kier molecular flexibility index (Phi) is 3.52. The van der Waals surface area contributed by atoms with E-state index in [-0.39, 0.29) is 0 Å². The Hall–Kier alpha value is -0.980. The van der Waals surface area contributed by atoms with E-state index in [4.69, 9.17) is 0 Å². The molecule has 1 heteroatoms. The summed E-state index contributed by atoms with van der Waals surface area (Å²) in [4.78, 5) is 2.53. The van der Waals surface area contributed by atoms with Crippen LogP contribution in [0.2, 0.25) is 0 Å². The van der Waals surface area contributed by atoms with Crippen molar-refractivity contribution in [3.63, 3.8) is 0 Å². The molecule has 0 radical (unpaired) electrons. The zero-order valence-electron chi connectivity index (χ0n) is 10.7. The molecule has 0 amide bonds. The summed E-state index contributed by atoms with van der Waals surface area (Å²) in [6.07, 6.45) is 4.12. The van der Waals surface area contributed by atoms with Crippen LogP contribution in [0.25, 0.3) is 0 Å². The maximum Gasteiger partial charge on any atom is 0.0369 e. The zero-order chi connectivity index (χ0) is 11.5. The van der Waals surface area contributed by atoms with Gasteiger partial charge in [0.25, 0.3) is 0 Å². The van der Waals surface area contributed by atoms with Crippen LogP contribution in [0, 0.1) is 12.8 Å². The van der Waals surface area contributed by atoms with Gasteiger partial charge in [0.2, 0.25) is 0 Å². The second-order valence-corrected chi connectivity index (χ2v) is 5.13. The van der Waals surface area contributed by atoms with Gasteiger partial charge in [-0.1, -0.05) is 37.5 Å². The van der Waals surface area contributed by atoms with Crippen LogP contribution in [0.3, 0.4) is 0 Å². The molecule has 0 bridgehead atoms. The smallest absolute Gasteiger partial charge is 0.0369 e. The van der Waals surface area contributed by atoms with E-state index in [9.17, 15) is 0 Å². The highest BCUT2D eigenvalue weighted by Gasteiger charge is 2.34. The summed E-state index contributed by atoms with van der Waals surface area (Å²) >= 11 is 0. The van der Waals surface area contributed by atoms with Gasteiger partial charge >= 0.3 is 0 Å². The van der Waals surface area contributed by atoms with Crippen LogP contribution in [0.15, 0.2) is 24.3 Å². The van der Waals surface area contributed by atoms with Crippen molar-refractivity contribution < 1.29 is 0 Å². The Morgan fingerprint density at radius 3 is 2.50 bits per heavy atom. The van der Waals surface area contributed by atoms with Crippen LogP contribution in [-0.2, 0) is 0 Å². The molecule has 0 unspecified atom stereocenters. The molecule has 1 aromatic rings. The largest absolute Gasteiger partial charge is 0.368 e. The van der Waals surface area contributed by atoms with Crippen LogP contribution in [-0.4, -0.2) is 12.6 Å². The molecule has 0 aliphatic carbocycles. The van der Waals surface area contributed by atoms with Crippen molar-refractivity contribution in [3.05, 3.63) is 29.8 Å². The number of anilines is 1. The molecule has 1 fully saturated rings. The highest BCUT2D eigenvalue weighted by molar-refractivity contribution is 5.51. The number of hydrogen-bond acceptors (Lipinski definition) is 1. The Labute approximate surface area is 99.5 Å². The van der Waals surface area contributed by atoms with E-state index in [1.54, 1.807) is 0 Å². The molecule has 2 atom stereocenters. The second kappa shape index (κ2) is 4.90. The molecule has 16 heavy (non-hydrogen) atoms. The standard InChI is InChI=1S/C15H23N/c1-4-5-6-14-11-16(13(14)3)15-9-7-12(2)8-10-15/h7-10,13-14H,4-6,11H2,1-3H3/t13-,14+/m1/s1. The van der Waals surface area contributed by atoms with Crippen molar-refractivity contribution in [3.8, 4) is 0 Å². The number of hydrogen-bond donors (Lipinski definition) is 0. The third kappa shape index (κ3) is 2.23. The molecule has 88 valence electrons. The molecule has 1 nitrogen and oxygen atoms in total. The molecule has 1 aromatic carbocycles. The van der Waals surface area contributed by atoms with Crippen molar-refractivity contribution in [1.29, 1.82) is 0 Å². The first kappa shape index (κ1) is 11.5. The highest BCUT2D eigenvalue weighted by Crippen LogP contribution is 2.33. The molecular weight excluding hydrogens is 194 g/mol. The quantitative estimate of drug-likeness (QED) is 0.736. The van der Waals surface area contributed by atoms with Crippen molar-refractivity contribution in [2.45, 2.75) is 46.1 Å². The van der Waals surface area contributed by atoms with Gasteiger partial charge in [0, 0.05) is 18.3 Å². The van der Waals surface area contributed by atoms with E-state index < -0.39 is 0 Å². The van der Waals surface area contributed by atoms with E-state index in [1.807, 2.05) is 0 Å². The van der Waals surface area contributed by atoms with Gasteiger partial charge in [0.15, 0.2) is 0 Å². The van der Waals surface area contributed by atoms with E-state index in [2.05, 4.69) is 49.9 Å². The molecule has 1 heterocycles. The van der Waals surface area contributed by atoms with Gasteiger partial charge in [-0.05, 0) is 38.3 Å². The zero-order valence-corrected chi connectivity index (χ0v) is 10.7. The van der Waals surface area contributed by atoms with Crippen molar-refractivity contribution in [2.75, 3.05) is 11.4 Å². The average molecular weight is 217 g/mol. The van der Waals surface area contributed by atoms with Gasteiger partial charge < -0.3 is 4.90 Å². The third-order valence-corrected chi connectivity index (χ3v) is 3.90. The first-order chi connectivity index (χ1) is 7.72. The predicted molar refractivity (Wildman–Crippen MR) is 71.0 cm³/mol. The lowest BCUT2D eigenvalue weighted by Crippen LogP contribution is -2.54. The summed E-state index contributed by atoms with van der Waals surface area (Å²) in [5.41, 5.74) is 2.74. The minimum atomic E-state index is 0.731. The lowest BCUT2D eigenvalue weighted by molar-refractivity contribution is 0.287. The van der Waals surface area contributed by atoms with Crippen LogP contribution in [0.1, 0.15) is 38.7 Å². The summed E-state index contributed by atoms with van der Waals surface area (Å²) in [7, 11) is 0. The van der Waals surface area contributed by atoms with Crippen LogP contribution in [0.4, 0.5) is 5.69 Å². The van der Waals surface area contributed by atoms with Crippen molar-refractivity contribution in [1.82, 2.24) is 0 Å². The van der Waals surface area contributed by atoms with Gasteiger partial charge in [-0.15, -0.1) is 0 Å². The van der Waals surface area contributed by atoms with Gasteiger partial charge in [-0.2, -0.15) is 0 Å². The molecule has 1 aliphatic heterocycles. The molecule has 1 saturated heterocycles. The predicted octanol–water partition coefficient (Wildman–Crippen LogP) is 4.01. The number of benzene rings is 1. The van der Waals surface area contributed by atoms with Gasteiger partial charge in [0.05, 0.1) is 0 Å². The highest BCUT2D eigenvalue weighted by atomic mass is 15.2. The molecule has 2 rings (SSSR count). The number of rotatable bonds is 4. The van der Waals surface area contributed by atoms with E-state index in [0.29, 0.717) is 0 Å². The fourth-order valence-corrected chi connectivity index (χ4v) is 2.56. The minimum absolute atomic E-state index is 0.731. The lowest BCUT2D eigenvalue weighted by atomic mass is 9.85. The molecule has 1 aliphatic rings. The van der Waals surface area contributed by atoms with Crippen LogP contribution < -0.4 is 4.90 Å². The summed E-state index contributed by atoms with van der Waals surface area (Å²) in [5, 5.41) is 0. The van der Waals surface area contributed by atoms with Gasteiger partial charge in [-0.25, -0.2) is 0 Å². The Morgan fingerprint density at radius 2 is 1.94 bits per heavy atom. The minimum Gasteiger partial charge on any atom is -0.368 e. The van der Waals surface area contributed by atoms with Gasteiger partial charge in [-0.3, -0.25) is 0 Å². The normalized spacial score (nSPS) is 24.3. The Morgan fingerprint density at radius 1 is 1.25 bits per heavy atom. The lowest BCUT2D eigenvalue weighted by Gasteiger charge is -2.48. The molecular formula is C15H23N. The monoisotopic (exact) mass is 217 g/mol. The number of unbranched alkanes of at least 4 members (excludes halogenated alkanes) is 1. The summed E-state index contributed by atoms with van der Waals surface area (Å²) in [6.45, 7) is 8.04. The Bertz CT molecular complexity index is 328. The Balaban J connectivity index is 1.92. The maximum atomic E-state index is 2.53. The van der Waals surface area contributed by atoms with Crippen LogP contribution >= 0.6 is 0 Å². The molecule has 0 spiro atoms. The maximum absolute atomic E-state index is 2.53. The SMILES string of the molecule is CCCC[C@H]1CN(c2ccc(C)cc2)[C@@H]1C. The number of nitrogens with zero attached hydrogens (tertiary/aromatic N) is 1. The van der Waals surface area contributed by atoms with E-state index >= 15 is 0 Å². The van der Waals surface area contributed by atoms with E-state index in [1.165, 1.54) is 37.1 Å². The van der Waals surface area contributed by atoms with E-state index in [0.717, 1.165) is 12.0 Å². The molecule has 0 aromatic heterocycles. The summed E-state index contributed by atoms with van der Waals surface area (Å²) < 4.78 is 0. The fraction of sp³-hybridized carbons (Fsp3) is 0.600. The number of aryl methyl sites for hydroxylation is 1. The summed E-state index contributed by atoms with van der Waals surface area (Å²) in [6, 6.07) is 9.65. The molecule has 0 saturated carbocycles. The summed E-state index contributed by atoms with van der Waals surface area (Å²) in [5.74, 6) is 0.918. The van der Waals surface area contributed by atoms with Gasteiger partial charge in [0.1, 0.15) is 0 Å². The van der Waals surface area contributed by atoms with Crippen molar-refractivity contribution in [2.24, 2.45) is 5.92 Å².